The lowest BCUT2D eigenvalue weighted by Crippen LogP contribution is -2.41. The van der Waals surface area contributed by atoms with Crippen LogP contribution in [-0.4, -0.2) is 35.9 Å². The molecule has 0 bridgehead atoms. The molecule has 9 heteroatoms. The van der Waals surface area contributed by atoms with Crippen LogP contribution in [0, 0.1) is 5.92 Å². The maximum Gasteiger partial charge on any atom is 0.422 e. The van der Waals surface area contributed by atoms with Crippen molar-refractivity contribution in [3.8, 4) is 5.75 Å². The van der Waals surface area contributed by atoms with Crippen molar-refractivity contribution in [2.45, 2.75) is 37.9 Å². The summed E-state index contributed by atoms with van der Waals surface area (Å²) in [7, 11) is 0. The lowest BCUT2D eigenvalue weighted by molar-refractivity contribution is -0.153. The number of amides is 2. The van der Waals surface area contributed by atoms with Gasteiger partial charge in [0.05, 0.1) is 11.6 Å². The highest BCUT2D eigenvalue weighted by Crippen LogP contribution is 2.27. The number of carbonyl (C=O) groups excluding carboxylic acids is 1. The Kier molecular flexibility index (Phi) is 6.11. The van der Waals surface area contributed by atoms with Gasteiger partial charge in [0.1, 0.15) is 5.75 Å². The number of carboxylic acid groups (broad SMARTS) is 1. The molecule has 6 nitrogen and oxygen atoms in total. The zero-order valence-electron chi connectivity index (χ0n) is 13.3. The average molecular weight is 360 g/mol. The van der Waals surface area contributed by atoms with Crippen molar-refractivity contribution in [2.75, 3.05) is 11.9 Å². The number of carboxylic acids is 1. The lowest BCUT2D eigenvalue weighted by Gasteiger charge is -2.27. The molecule has 3 N–H and O–H groups in total. The summed E-state index contributed by atoms with van der Waals surface area (Å²) in [4.78, 5) is 22.9. The van der Waals surface area contributed by atoms with Gasteiger partial charge in [-0.3, -0.25) is 4.79 Å². The van der Waals surface area contributed by atoms with Gasteiger partial charge in [-0.15, -0.1) is 0 Å². The Balaban J connectivity index is 1.87. The van der Waals surface area contributed by atoms with Gasteiger partial charge >= 0.3 is 18.2 Å². The Bertz CT molecular complexity index is 614. The van der Waals surface area contributed by atoms with Gasteiger partial charge in [0, 0.05) is 6.04 Å². The maximum atomic E-state index is 12.3. The SMILES string of the molecule is O=C(Nc1ccccc1OCC(F)(F)F)NC1CCC(C(=O)O)CC1. The van der Waals surface area contributed by atoms with E-state index in [0.717, 1.165) is 0 Å². The quantitative estimate of drug-likeness (QED) is 0.751. The van der Waals surface area contributed by atoms with E-state index in [1.165, 1.54) is 18.2 Å². The smallest absolute Gasteiger partial charge is 0.422 e. The van der Waals surface area contributed by atoms with E-state index in [4.69, 9.17) is 9.84 Å². The van der Waals surface area contributed by atoms with Crippen LogP contribution in [0.3, 0.4) is 0 Å². The molecule has 0 atom stereocenters. The second kappa shape index (κ2) is 8.09. The van der Waals surface area contributed by atoms with E-state index >= 15 is 0 Å². The number of halogens is 3. The summed E-state index contributed by atoms with van der Waals surface area (Å²) in [6.07, 6.45) is -2.44. The molecule has 1 aromatic carbocycles. The molecule has 0 unspecified atom stereocenters. The highest BCUT2D eigenvalue weighted by Gasteiger charge is 2.29. The molecule has 1 saturated carbocycles. The summed E-state index contributed by atoms with van der Waals surface area (Å²) in [6.45, 7) is -1.45. The number of ether oxygens (including phenoxy) is 1. The summed E-state index contributed by atoms with van der Waals surface area (Å²) >= 11 is 0. The fraction of sp³-hybridized carbons (Fsp3) is 0.500. The number of anilines is 1. The third-order valence-corrected chi connectivity index (χ3v) is 3.94. The number of para-hydroxylation sites is 2. The molecule has 2 rings (SSSR count). The zero-order valence-corrected chi connectivity index (χ0v) is 13.3. The molecule has 0 radical (unpaired) electrons. The number of benzene rings is 1. The summed E-state index contributed by atoms with van der Waals surface area (Å²) in [5.74, 6) is -1.30. The highest BCUT2D eigenvalue weighted by molar-refractivity contribution is 5.91. The number of carbonyl (C=O) groups is 2. The van der Waals surface area contributed by atoms with Crippen LogP contribution in [0.5, 0.6) is 5.75 Å². The van der Waals surface area contributed by atoms with Gasteiger partial charge in [-0.1, -0.05) is 12.1 Å². The molecule has 0 aromatic heterocycles. The van der Waals surface area contributed by atoms with Crippen LogP contribution in [0.2, 0.25) is 0 Å². The van der Waals surface area contributed by atoms with Crippen molar-refractivity contribution >= 4 is 17.7 Å². The van der Waals surface area contributed by atoms with E-state index in [-0.39, 0.29) is 17.5 Å². The number of hydrogen-bond donors (Lipinski definition) is 3. The minimum Gasteiger partial charge on any atom is -0.482 e. The summed E-state index contributed by atoms with van der Waals surface area (Å²) in [5.41, 5.74) is 0.128. The summed E-state index contributed by atoms with van der Waals surface area (Å²) < 4.78 is 41.5. The second-order valence-electron chi connectivity index (χ2n) is 5.89. The summed E-state index contributed by atoms with van der Waals surface area (Å²) in [5, 5.41) is 14.1. The predicted octanol–water partition coefficient (Wildman–Crippen LogP) is 3.39. The molecule has 1 aromatic rings. The molecule has 1 aliphatic rings. The van der Waals surface area contributed by atoms with Gasteiger partial charge in [-0.2, -0.15) is 13.2 Å². The van der Waals surface area contributed by atoms with Crippen LogP contribution >= 0.6 is 0 Å². The first-order valence-electron chi connectivity index (χ1n) is 7.83. The normalized spacial score (nSPS) is 20.6. The first kappa shape index (κ1) is 18.9. The average Bonchev–Trinajstić information content (AvgIpc) is 2.53. The molecule has 1 fully saturated rings. The van der Waals surface area contributed by atoms with Crippen molar-refractivity contribution in [2.24, 2.45) is 5.92 Å². The molecule has 2 amide bonds. The third-order valence-electron chi connectivity index (χ3n) is 3.94. The first-order valence-corrected chi connectivity index (χ1v) is 7.83. The van der Waals surface area contributed by atoms with Crippen LogP contribution in [-0.2, 0) is 4.79 Å². The van der Waals surface area contributed by atoms with Crippen LogP contribution in [0.1, 0.15) is 25.7 Å². The number of aliphatic carboxylic acids is 1. The summed E-state index contributed by atoms with van der Waals surface area (Å²) in [6, 6.07) is 5.10. The van der Waals surface area contributed by atoms with Gasteiger partial charge in [0.15, 0.2) is 6.61 Å². The zero-order chi connectivity index (χ0) is 18.4. The topological polar surface area (TPSA) is 87.7 Å². The van der Waals surface area contributed by atoms with Gasteiger partial charge < -0.3 is 20.5 Å². The van der Waals surface area contributed by atoms with Gasteiger partial charge in [0.2, 0.25) is 0 Å². The molecule has 0 aliphatic heterocycles. The van der Waals surface area contributed by atoms with Crippen LogP contribution in [0.4, 0.5) is 23.7 Å². The highest BCUT2D eigenvalue weighted by atomic mass is 19.4. The van der Waals surface area contributed by atoms with Crippen molar-refractivity contribution in [1.29, 1.82) is 0 Å². The number of alkyl halides is 3. The van der Waals surface area contributed by atoms with Gasteiger partial charge in [-0.05, 0) is 37.8 Å². The lowest BCUT2D eigenvalue weighted by atomic mass is 9.86. The fourth-order valence-electron chi connectivity index (χ4n) is 2.68. The Morgan fingerprint density at radius 1 is 1.16 bits per heavy atom. The minimum absolute atomic E-state index is 0.0791. The monoisotopic (exact) mass is 360 g/mol. The maximum absolute atomic E-state index is 12.3. The minimum atomic E-state index is -4.47. The number of hydrogen-bond acceptors (Lipinski definition) is 3. The number of urea groups is 1. The van der Waals surface area contributed by atoms with Gasteiger partial charge in [0.25, 0.3) is 0 Å². The number of nitrogens with one attached hydrogen (secondary N) is 2. The Morgan fingerprint density at radius 3 is 2.40 bits per heavy atom. The molecule has 138 valence electrons. The molecule has 1 aliphatic carbocycles. The van der Waals surface area contributed by atoms with E-state index in [1.54, 1.807) is 6.07 Å². The van der Waals surface area contributed by atoms with Crippen molar-refractivity contribution < 1.29 is 32.6 Å². The van der Waals surface area contributed by atoms with E-state index in [0.29, 0.717) is 25.7 Å². The van der Waals surface area contributed by atoms with Crippen LogP contribution in [0.15, 0.2) is 24.3 Å². The molecular weight excluding hydrogens is 341 g/mol. The Morgan fingerprint density at radius 2 is 1.80 bits per heavy atom. The van der Waals surface area contributed by atoms with Crippen molar-refractivity contribution in [1.82, 2.24) is 5.32 Å². The predicted molar refractivity (Wildman–Crippen MR) is 83.5 cm³/mol. The van der Waals surface area contributed by atoms with Crippen molar-refractivity contribution in [3.05, 3.63) is 24.3 Å². The van der Waals surface area contributed by atoms with Gasteiger partial charge in [-0.25, -0.2) is 4.79 Å². The molecule has 0 spiro atoms. The Hall–Kier alpha value is -2.45. The largest absolute Gasteiger partial charge is 0.482 e. The fourth-order valence-corrected chi connectivity index (χ4v) is 2.68. The van der Waals surface area contributed by atoms with E-state index < -0.39 is 30.7 Å². The van der Waals surface area contributed by atoms with Crippen molar-refractivity contribution in [3.63, 3.8) is 0 Å². The molecule has 0 saturated heterocycles. The molecule has 25 heavy (non-hydrogen) atoms. The number of rotatable bonds is 5. The second-order valence-corrected chi connectivity index (χ2v) is 5.89. The Labute approximate surface area is 142 Å². The van der Waals surface area contributed by atoms with E-state index in [2.05, 4.69) is 10.6 Å². The standard InChI is InChI=1S/C16H19F3N2O4/c17-16(18,19)9-25-13-4-2-1-3-12(13)21-15(24)20-11-7-5-10(6-8-11)14(22)23/h1-4,10-11H,5-9H2,(H,22,23)(H2,20,21,24). The van der Waals surface area contributed by atoms with E-state index in [9.17, 15) is 22.8 Å². The molecule has 0 heterocycles. The molecular formula is C16H19F3N2O4. The van der Waals surface area contributed by atoms with Crippen LogP contribution in [0.25, 0.3) is 0 Å². The third kappa shape index (κ3) is 6.17. The van der Waals surface area contributed by atoms with Crippen LogP contribution < -0.4 is 15.4 Å². The van der Waals surface area contributed by atoms with E-state index in [1.807, 2.05) is 0 Å². The first-order chi connectivity index (χ1) is 11.7.